The molecule has 286 valence electrons. The zero-order valence-electron chi connectivity index (χ0n) is 34.2. The number of benzene rings is 10. The van der Waals surface area contributed by atoms with Gasteiger partial charge in [0.1, 0.15) is 0 Å². The van der Waals surface area contributed by atoms with Gasteiger partial charge in [-0.25, -0.2) is 0 Å². The summed E-state index contributed by atoms with van der Waals surface area (Å²) in [4.78, 5) is 2.59. The molecule has 0 radical (unpaired) electrons. The third-order valence-corrected chi connectivity index (χ3v) is 14.2. The van der Waals surface area contributed by atoms with Gasteiger partial charge in [-0.3, -0.25) is 0 Å². The highest BCUT2D eigenvalue weighted by atomic mass is 15.1. The zero-order valence-corrected chi connectivity index (χ0v) is 34.2. The topological polar surface area (TPSA) is 3.24 Å². The Morgan fingerprint density at radius 3 is 1.54 bits per heavy atom. The first-order valence-corrected chi connectivity index (χ1v) is 21.5. The Balaban J connectivity index is 1.14. The summed E-state index contributed by atoms with van der Waals surface area (Å²) >= 11 is 0. The van der Waals surface area contributed by atoms with Crippen molar-refractivity contribution in [2.75, 3.05) is 4.90 Å². The Kier molecular flexibility index (Phi) is 7.06. The molecular formula is C60H41N. The SMILES string of the molecule is CC1(C)c2ccccc2-c2c(N(c3ccc(-c4cccc5ccccc45)cc3)c3cccc4c3-c3ccccc3C43c4ccccc4-c4ccccc43)cc3ccccc3c21. The van der Waals surface area contributed by atoms with Crippen molar-refractivity contribution in [2.24, 2.45) is 0 Å². The van der Waals surface area contributed by atoms with Crippen LogP contribution in [0.5, 0.6) is 0 Å². The highest BCUT2D eigenvalue weighted by Gasteiger charge is 2.52. The van der Waals surface area contributed by atoms with Crippen LogP contribution in [0, 0.1) is 0 Å². The maximum atomic E-state index is 2.59. The van der Waals surface area contributed by atoms with Gasteiger partial charge in [-0.15, -0.1) is 0 Å². The molecule has 10 aromatic rings. The molecule has 0 aromatic heterocycles. The van der Waals surface area contributed by atoms with Crippen molar-refractivity contribution in [3.05, 3.63) is 246 Å². The van der Waals surface area contributed by atoms with Crippen LogP contribution in [0.15, 0.2) is 212 Å². The fourth-order valence-electron chi connectivity index (χ4n) is 11.8. The number of hydrogen-bond acceptors (Lipinski definition) is 1. The van der Waals surface area contributed by atoms with Gasteiger partial charge < -0.3 is 4.90 Å². The van der Waals surface area contributed by atoms with Gasteiger partial charge in [0.25, 0.3) is 0 Å². The van der Waals surface area contributed by atoms with Gasteiger partial charge in [-0.2, -0.15) is 0 Å². The Morgan fingerprint density at radius 1 is 0.344 bits per heavy atom. The van der Waals surface area contributed by atoms with Crippen molar-refractivity contribution in [1.82, 2.24) is 0 Å². The van der Waals surface area contributed by atoms with E-state index in [1.165, 1.54) is 111 Å². The van der Waals surface area contributed by atoms with Crippen molar-refractivity contribution >= 4 is 38.6 Å². The van der Waals surface area contributed by atoms with E-state index in [2.05, 4.69) is 231 Å². The molecule has 0 unspecified atom stereocenters. The molecule has 3 aliphatic carbocycles. The summed E-state index contributed by atoms with van der Waals surface area (Å²) in [7, 11) is 0. The molecule has 0 N–H and O–H groups in total. The maximum Gasteiger partial charge on any atom is 0.0726 e. The monoisotopic (exact) mass is 775 g/mol. The van der Waals surface area contributed by atoms with Gasteiger partial charge in [-0.1, -0.05) is 202 Å². The third-order valence-electron chi connectivity index (χ3n) is 14.2. The molecule has 13 rings (SSSR count). The van der Waals surface area contributed by atoms with Crippen LogP contribution in [-0.2, 0) is 10.8 Å². The highest BCUT2D eigenvalue weighted by Crippen LogP contribution is 2.65. The molecule has 0 saturated heterocycles. The molecule has 3 aliphatic rings. The molecule has 0 fully saturated rings. The molecule has 0 atom stereocenters. The number of rotatable bonds is 4. The number of hydrogen-bond donors (Lipinski definition) is 0. The summed E-state index contributed by atoms with van der Waals surface area (Å²) in [6.07, 6.45) is 0. The molecule has 61 heavy (non-hydrogen) atoms. The lowest BCUT2D eigenvalue weighted by Crippen LogP contribution is -2.26. The minimum absolute atomic E-state index is 0.196. The van der Waals surface area contributed by atoms with Gasteiger partial charge in [0.2, 0.25) is 0 Å². The summed E-state index contributed by atoms with van der Waals surface area (Å²) in [5.41, 5.74) is 21.3. The standard InChI is InChI=1S/C60H41N/c1-59(2)49-27-11-9-24-47(49)57-55(37-40-18-4-6-21-44(40)58(57)59)61(41-35-33-39(34-36-41)43-26-15-19-38-17-3-5-20-42(38)43)54-32-16-31-53-56(54)48-25-10-14-30-52(48)60(53)50-28-12-7-22-45(50)46-23-8-13-29-51(46)60/h3-37H,1-2H3. The zero-order chi connectivity index (χ0) is 40.5. The second-order valence-corrected chi connectivity index (χ2v) is 17.5. The molecule has 10 aromatic carbocycles. The summed E-state index contributed by atoms with van der Waals surface area (Å²) in [5, 5.41) is 5.08. The quantitative estimate of drug-likeness (QED) is 0.172. The molecule has 0 heterocycles. The number of anilines is 3. The van der Waals surface area contributed by atoms with Crippen LogP contribution in [0.1, 0.15) is 47.2 Å². The average molecular weight is 776 g/mol. The van der Waals surface area contributed by atoms with Crippen molar-refractivity contribution in [3.8, 4) is 44.5 Å². The van der Waals surface area contributed by atoms with Gasteiger partial charge in [-0.05, 0) is 113 Å². The molecule has 1 nitrogen and oxygen atoms in total. The summed E-state index contributed by atoms with van der Waals surface area (Å²) in [5.74, 6) is 0. The molecular weight excluding hydrogens is 735 g/mol. The third kappa shape index (κ3) is 4.50. The summed E-state index contributed by atoms with van der Waals surface area (Å²) in [6.45, 7) is 4.82. The lowest BCUT2D eigenvalue weighted by atomic mass is 9.70. The Hall–Kier alpha value is -7.48. The van der Waals surface area contributed by atoms with Crippen LogP contribution in [-0.4, -0.2) is 0 Å². The van der Waals surface area contributed by atoms with E-state index in [0.717, 1.165) is 5.69 Å². The van der Waals surface area contributed by atoms with Gasteiger partial charge in [0.15, 0.2) is 0 Å². The second-order valence-electron chi connectivity index (χ2n) is 17.5. The van der Waals surface area contributed by atoms with E-state index < -0.39 is 5.41 Å². The molecule has 0 bridgehead atoms. The first kappa shape index (κ1) is 34.4. The maximum absolute atomic E-state index is 2.59. The molecule has 1 spiro atoms. The predicted octanol–water partition coefficient (Wildman–Crippen LogP) is 15.8. The largest absolute Gasteiger partial charge is 0.309 e. The van der Waals surface area contributed by atoms with Crippen LogP contribution >= 0.6 is 0 Å². The van der Waals surface area contributed by atoms with Gasteiger partial charge in [0, 0.05) is 22.2 Å². The molecule has 1 heteroatoms. The minimum Gasteiger partial charge on any atom is -0.309 e. The first-order valence-electron chi connectivity index (χ1n) is 21.5. The van der Waals surface area contributed by atoms with E-state index in [0.29, 0.717) is 0 Å². The smallest absolute Gasteiger partial charge is 0.0726 e. The minimum atomic E-state index is -0.445. The Bertz CT molecular complexity index is 3410. The highest BCUT2D eigenvalue weighted by molar-refractivity contribution is 6.08. The Labute approximate surface area is 356 Å². The van der Waals surface area contributed by atoms with E-state index in [-0.39, 0.29) is 5.41 Å². The molecule has 0 amide bonds. The normalized spacial score (nSPS) is 14.3. The van der Waals surface area contributed by atoms with Crippen LogP contribution in [0.3, 0.4) is 0 Å². The molecule has 0 aliphatic heterocycles. The van der Waals surface area contributed by atoms with Crippen molar-refractivity contribution in [1.29, 1.82) is 0 Å². The van der Waals surface area contributed by atoms with Crippen LogP contribution in [0.2, 0.25) is 0 Å². The summed E-state index contributed by atoms with van der Waals surface area (Å²) < 4.78 is 0. The first-order chi connectivity index (χ1) is 30.0. The Morgan fingerprint density at radius 2 is 0.836 bits per heavy atom. The van der Waals surface area contributed by atoms with E-state index in [4.69, 9.17) is 0 Å². The lowest BCUT2D eigenvalue weighted by molar-refractivity contribution is 0.666. The van der Waals surface area contributed by atoms with Crippen LogP contribution in [0.25, 0.3) is 66.1 Å². The fraction of sp³-hybridized carbons (Fsp3) is 0.0667. The number of nitrogens with zero attached hydrogens (tertiary/aromatic N) is 1. The predicted molar refractivity (Wildman–Crippen MR) is 255 cm³/mol. The fourth-order valence-corrected chi connectivity index (χ4v) is 11.8. The van der Waals surface area contributed by atoms with Crippen LogP contribution < -0.4 is 4.90 Å². The van der Waals surface area contributed by atoms with E-state index >= 15 is 0 Å². The van der Waals surface area contributed by atoms with Crippen LogP contribution in [0.4, 0.5) is 17.1 Å². The lowest BCUT2D eigenvalue weighted by Gasteiger charge is -2.33. The van der Waals surface area contributed by atoms with Gasteiger partial charge >= 0.3 is 0 Å². The van der Waals surface area contributed by atoms with E-state index in [1.54, 1.807) is 0 Å². The average Bonchev–Trinajstić information content (AvgIpc) is 3.88. The van der Waals surface area contributed by atoms with E-state index in [1.807, 2.05) is 0 Å². The summed E-state index contributed by atoms with van der Waals surface area (Å²) in [6, 6.07) is 79.7. The van der Waals surface area contributed by atoms with Crippen molar-refractivity contribution < 1.29 is 0 Å². The van der Waals surface area contributed by atoms with Crippen molar-refractivity contribution in [2.45, 2.75) is 24.7 Å². The van der Waals surface area contributed by atoms with Crippen molar-refractivity contribution in [3.63, 3.8) is 0 Å². The number of fused-ring (bicyclic) bond motifs is 16. The van der Waals surface area contributed by atoms with E-state index in [9.17, 15) is 0 Å². The van der Waals surface area contributed by atoms with Gasteiger partial charge in [0.05, 0.1) is 16.8 Å². The second kappa shape index (κ2) is 12.5. The molecule has 0 saturated carbocycles.